The van der Waals surface area contributed by atoms with E-state index in [4.69, 9.17) is 0 Å². The van der Waals surface area contributed by atoms with Crippen molar-refractivity contribution in [3.63, 3.8) is 0 Å². The minimum Gasteiger partial charge on any atom is -0.858 e. The van der Waals surface area contributed by atoms with E-state index < -0.39 is 49.9 Å². The molecule has 0 amide bonds. The van der Waals surface area contributed by atoms with Gasteiger partial charge in [0.25, 0.3) is 10.0 Å². The molecule has 140 valence electrons. The fourth-order valence-electron chi connectivity index (χ4n) is 1.83. The van der Waals surface area contributed by atoms with Crippen molar-refractivity contribution in [2.75, 3.05) is 0 Å². The van der Waals surface area contributed by atoms with Gasteiger partial charge in [-0.2, -0.15) is 39.2 Å². The second kappa shape index (κ2) is 6.63. The second-order valence-corrected chi connectivity index (χ2v) is 6.57. The molecule has 11 heteroatoms. The minimum atomic E-state index is -4.67. The Hall–Kier alpha value is -2.56. The summed E-state index contributed by atoms with van der Waals surface area (Å²) < 4.78 is 102. The van der Waals surface area contributed by atoms with Crippen LogP contribution in [0.4, 0.5) is 26.3 Å². The molecular weight excluding hydrogens is 388 g/mol. The number of rotatable bonds is 3. The summed E-state index contributed by atoms with van der Waals surface area (Å²) in [5.41, 5.74) is -2.56. The lowest BCUT2D eigenvalue weighted by Crippen LogP contribution is -2.21. The molecule has 0 radical (unpaired) electrons. The van der Waals surface area contributed by atoms with Crippen LogP contribution in [0.5, 0.6) is 0 Å². The number of sulfonamides is 1. The molecule has 0 spiro atoms. The molecule has 4 nitrogen and oxygen atoms in total. The van der Waals surface area contributed by atoms with Crippen molar-refractivity contribution in [3.05, 3.63) is 65.2 Å². The number of nitrogens with zero attached hydrogens (tertiary/aromatic N) is 1. The highest BCUT2D eigenvalue weighted by atomic mass is 32.2. The summed E-state index contributed by atoms with van der Waals surface area (Å²) >= 11 is 0. The van der Waals surface area contributed by atoms with Crippen LogP contribution in [0.25, 0.3) is 0 Å². The summed E-state index contributed by atoms with van der Waals surface area (Å²) in [4.78, 5) is -0.661. The maximum atomic E-state index is 12.5. The molecule has 0 bridgehead atoms. The predicted octanol–water partition coefficient (Wildman–Crippen LogP) is 3.22. The van der Waals surface area contributed by atoms with Crippen LogP contribution < -0.4 is 5.11 Å². The van der Waals surface area contributed by atoms with Crippen LogP contribution in [0.2, 0.25) is 0 Å². The lowest BCUT2D eigenvalue weighted by Gasteiger charge is -2.13. The van der Waals surface area contributed by atoms with E-state index in [1.165, 1.54) is 0 Å². The third kappa shape index (κ3) is 4.54. The zero-order valence-electron chi connectivity index (χ0n) is 12.5. The zero-order chi connectivity index (χ0) is 19.8. The minimum absolute atomic E-state index is 0.423. The first kappa shape index (κ1) is 19.8. The molecule has 26 heavy (non-hydrogen) atoms. The Labute approximate surface area is 143 Å². The molecule has 2 aromatic carbocycles. The Kier molecular flexibility index (Phi) is 5.04. The number of alkyl halides is 6. The van der Waals surface area contributed by atoms with Crippen LogP contribution in [-0.4, -0.2) is 14.3 Å². The van der Waals surface area contributed by atoms with E-state index >= 15 is 0 Å². The van der Waals surface area contributed by atoms with Crippen LogP contribution >= 0.6 is 0 Å². The highest BCUT2D eigenvalue weighted by molar-refractivity contribution is 7.90. The van der Waals surface area contributed by atoms with Crippen molar-refractivity contribution in [1.82, 2.24) is 0 Å². The van der Waals surface area contributed by atoms with E-state index in [0.29, 0.717) is 36.4 Å². The van der Waals surface area contributed by atoms with Crippen molar-refractivity contribution in [3.8, 4) is 0 Å². The summed E-state index contributed by atoms with van der Waals surface area (Å²) in [5, 5.41) is 11.8. The molecule has 0 unspecified atom stereocenters. The van der Waals surface area contributed by atoms with E-state index in [0.717, 1.165) is 12.1 Å². The van der Waals surface area contributed by atoms with Crippen LogP contribution in [0.3, 0.4) is 0 Å². The molecule has 0 saturated carbocycles. The summed E-state index contributed by atoms with van der Waals surface area (Å²) in [5.74, 6) is -1.35. The highest BCUT2D eigenvalue weighted by Crippen LogP contribution is 2.30. The van der Waals surface area contributed by atoms with Crippen molar-refractivity contribution < 1.29 is 39.9 Å². The molecule has 0 heterocycles. The first-order valence-corrected chi connectivity index (χ1v) is 8.11. The Morgan fingerprint density at radius 2 is 1.15 bits per heavy atom. The molecular formula is C15H8F6NO3S-. The van der Waals surface area contributed by atoms with E-state index in [2.05, 4.69) is 4.40 Å². The molecule has 0 aliphatic rings. The Balaban J connectivity index is 2.32. The number of hydrogen-bond acceptors (Lipinski definition) is 3. The third-order valence-electron chi connectivity index (χ3n) is 3.14. The van der Waals surface area contributed by atoms with E-state index in [1.807, 2.05) is 0 Å². The van der Waals surface area contributed by atoms with Crippen molar-refractivity contribution in [2.24, 2.45) is 4.40 Å². The molecule has 0 aliphatic carbocycles. The van der Waals surface area contributed by atoms with Gasteiger partial charge in [0.1, 0.15) is 0 Å². The topological polar surface area (TPSA) is 69.6 Å². The first-order valence-electron chi connectivity index (χ1n) is 6.67. The van der Waals surface area contributed by atoms with E-state index in [-0.39, 0.29) is 0 Å². The summed E-state index contributed by atoms with van der Waals surface area (Å²) in [6.45, 7) is 0. The molecule has 0 N–H and O–H groups in total. The fraction of sp³-hybridized carbons (Fsp3) is 0.133. The predicted molar refractivity (Wildman–Crippen MR) is 76.6 cm³/mol. The highest BCUT2D eigenvalue weighted by Gasteiger charge is 2.31. The summed E-state index contributed by atoms with van der Waals surface area (Å²) in [7, 11) is -4.62. The SMILES string of the molecule is O=S(=O)(N=C([O-])c1ccc(C(F)(F)F)cc1)c1ccc(C(F)(F)F)cc1. The lowest BCUT2D eigenvalue weighted by atomic mass is 10.1. The standard InChI is InChI=1S/C15H9F6NO3S/c16-14(17,18)10-3-1-9(2-4-10)13(23)22-26(24,25)12-7-5-11(6-8-12)15(19,20)21/h1-8H,(H,22,23)/p-1. The average molecular weight is 396 g/mol. The molecule has 2 aromatic rings. The lowest BCUT2D eigenvalue weighted by molar-refractivity contribution is -0.212. The van der Waals surface area contributed by atoms with Crippen LogP contribution in [0, 0.1) is 0 Å². The maximum absolute atomic E-state index is 12.5. The normalized spacial score (nSPS) is 13.7. The van der Waals surface area contributed by atoms with Gasteiger partial charge in [-0.25, -0.2) is 0 Å². The smallest absolute Gasteiger partial charge is 0.416 e. The zero-order valence-corrected chi connectivity index (χ0v) is 13.3. The second-order valence-electron chi connectivity index (χ2n) is 4.97. The largest absolute Gasteiger partial charge is 0.858 e. The van der Waals surface area contributed by atoms with Crippen LogP contribution in [-0.2, 0) is 22.4 Å². The molecule has 0 aromatic heterocycles. The van der Waals surface area contributed by atoms with Gasteiger partial charge >= 0.3 is 12.4 Å². The van der Waals surface area contributed by atoms with Gasteiger partial charge in [0.15, 0.2) is 0 Å². The monoisotopic (exact) mass is 396 g/mol. The van der Waals surface area contributed by atoms with Gasteiger partial charge in [-0.3, -0.25) is 0 Å². The molecule has 0 saturated heterocycles. The van der Waals surface area contributed by atoms with Gasteiger partial charge < -0.3 is 5.11 Å². The Morgan fingerprint density at radius 3 is 1.54 bits per heavy atom. The Morgan fingerprint density at radius 1 is 0.769 bits per heavy atom. The average Bonchev–Trinajstić information content (AvgIpc) is 2.53. The van der Waals surface area contributed by atoms with Gasteiger partial charge in [0.05, 0.1) is 16.0 Å². The van der Waals surface area contributed by atoms with Crippen molar-refractivity contribution in [2.45, 2.75) is 17.2 Å². The molecule has 0 atom stereocenters. The van der Waals surface area contributed by atoms with Crippen LogP contribution in [0.15, 0.2) is 57.8 Å². The van der Waals surface area contributed by atoms with Gasteiger partial charge in [0.2, 0.25) is 0 Å². The number of benzene rings is 2. The number of hydrogen-bond donors (Lipinski definition) is 0. The van der Waals surface area contributed by atoms with Gasteiger partial charge in [-0.15, -0.1) is 0 Å². The quantitative estimate of drug-likeness (QED) is 0.455. The fourth-order valence-corrected chi connectivity index (χ4v) is 2.74. The van der Waals surface area contributed by atoms with Gasteiger partial charge in [-0.05, 0) is 42.0 Å². The van der Waals surface area contributed by atoms with Gasteiger partial charge in [0, 0.05) is 5.90 Å². The summed E-state index contributed by atoms with van der Waals surface area (Å²) in [6.07, 6.45) is -9.31. The Bertz CT molecular complexity index is 914. The maximum Gasteiger partial charge on any atom is 0.416 e. The molecule has 0 aliphatic heterocycles. The third-order valence-corrected chi connectivity index (χ3v) is 4.42. The molecule has 2 rings (SSSR count). The van der Waals surface area contributed by atoms with Crippen LogP contribution in [0.1, 0.15) is 16.7 Å². The van der Waals surface area contributed by atoms with Gasteiger partial charge in [-0.1, -0.05) is 12.1 Å². The van der Waals surface area contributed by atoms with Crippen molar-refractivity contribution >= 4 is 15.9 Å². The van der Waals surface area contributed by atoms with Crippen molar-refractivity contribution in [1.29, 1.82) is 0 Å². The van der Waals surface area contributed by atoms with E-state index in [9.17, 15) is 39.9 Å². The van der Waals surface area contributed by atoms with E-state index in [1.54, 1.807) is 0 Å². The molecule has 0 fully saturated rings. The number of halogens is 6. The first-order chi connectivity index (χ1) is 11.8. The summed E-state index contributed by atoms with van der Waals surface area (Å²) in [6, 6.07) is 4.91.